The van der Waals surface area contributed by atoms with Crippen molar-refractivity contribution in [1.82, 2.24) is 5.32 Å². The third kappa shape index (κ3) is 3.90. The molecule has 1 aliphatic rings. The van der Waals surface area contributed by atoms with Crippen molar-refractivity contribution in [3.8, 4) is 0 Å². The predicted molar refractivity (Wildman–Crippen MR) is 88.3 cm³/mol. The molecule has 0 aliphatic heterocycles. The van der Waals surface area contributed by atoms with E-state index >= 15 is 0 Å². The van der Waals surface area contributed by atoms with Crippen LogP contribution in [0, 0.1) is 5.92 Å². The standard InChI is InChI=1S/C12H15Cl2N3.HI/c1-16-12(15)17-6-7-4-10(7)9-3-2-8(13)5-11(9)14;/h2-3,5,7,10H,4,6H2,1H3,(H3,15,16,17);1H. The molecule has 1 saturated carbocycles. The summed E-state index contributed by atoms with van der Waals surface area (Å²) in [7, 11) is 1.67. The van der Waals surface area contributed by atoms with Gasteiger partial charge in [-0.25, -0.2) is 0 Å². The molecule has 1 aromatic carbocycles. The van der Waals surface area contributed by atoms with Crippen molar-refractivity contribution < 1.29 is 0 Å². The van der Waals surface area contributed by atoms with Crippen molar-refractivity contribution in [3.05, 3.63) is 33.8 Å². The van der Waals surface area contributed by atoms with Crippen LogP contribution in [0.15, 0.2) is 23.2 Å². The molecule has 100 valence electrons. The first-order valence-corrected chi connectivity index (χ1v) is 6.28. The SMILES string of the molecule is CN=C(N)NCC1CC1c1ccc(Cl)cc1Cl.I. The van der Waals surface area contributed by atoms with Gasteiger partial charge in [0.25, 0.3) is 0 Å². The van der Waals surface area contributed by atoms with Crippen molar-refractivity contribution in [2.45, 2.75) is 12.3 Å². The van der Waals surface area contributed by atoms with Gasteiger partial charge in [-0.15, -0.1) is 24.0 Å². The Morgan fingerprint density at radius 3 is 2.83 bits per heavy atom. The first-order valence-electron chi connectivity index (χ1n) is 5.53. The molecule has 2 rings (SSSR count). The molecule has 6 heteroatoms. The molecule has 0 bridgehead atoms. The van der Waals surface area contributed by atoms with Crippen LogP contribution in [0.1, 0.15) is 17.9 Å². The highest BCUT2D eigenvalue weighted by atomic mass is 127. The van der Waals surface area contributed by atoms with Gasteiger partial charge >= 0.3 is 0 Å². The van der Waals surface area contributed by atoms with Gasteiger partial charge in [0, 0.05) is 23.6 Å². The van der Waals surface area contributed by atoms with Crippen LogP contribution in [0.5, 0.6) is 0 Å². The quantitative estimate of drug-likeness (QED) is 0.465. The molecule has 18 heavy (non-hydrogen) atoms. The highest BCUT2D eigenvalue weighted by molar-refractivity contribution is 14.0. The maximum atomic E-state index is 6.17. The Morgan fingerprint density at radius 1 is 1.50 bits per heavy atom. The average molecular weight is 400 g/mol. The van der Waals surface area contributed by atoms with E-state index in [1.807, 2.05) is 12.1 Å². The average Bonchev–Trinajstić information content (AvgIpc) is 3.05. The van der Waals surface area contributed by atoms with E-state index in [9.17, 15) is 0 Å². The van der Waals surface area contributed by atoms with Crippen molar-refractivity contribution in [2.24, 2.45) is 16.6 Å². The molecule has 3 nitrogen and oxygen atoms in total. The predicted octanol–water partition coefficient (Wildman–Crippen LogP) is 3.25. The van der Waals surface area contributed by atoms with E-state index in [0.717, 1.165) is 18.0 Å². The van der Waals surface area contributed by atoms with E-state index in [2.05, 4.69) is 10.3 Å². The summed E-state index contributed by atoms with van der Waals surface area (Å²) >= 11 is 12.0. The number of rotatable bonds is 3. The summed E-state index contributed by atoms with van der Waals surface area (Å²) in [6.45, 7) is 0.840. The molecular formula is C12H16Cl2IN3. The molecule has 0 spiro atoms. The lowest BCUT2D eigenvalue weighted by Gasteiger charge is -2.06. The van der Waals surface area contributed by atoms with E-state index < -0.39 is 0 Å². The molecule has 2 atom stereocenters. The van der Waals surface area contributed by atoms with Crippen LogP contribution >= 0.6 is 47.2 Å². The van der Waals surface area contributed by atoms with Gasteiger partial charge < -0.3 is 11.1 Å². The van der Waals surface area contributed by atoms with E-state index in [1.165, 1.54) is 5.56 Å². The lowest BCUT2D eigenvalue weighted by atomic mass is 10.1. The van der Waals surface area contributed by atoms with Crippen LogP contribution in [0.3, 0.4) is 0 Å². The van der Waals surface area contributed by atoms with Crippen molar-refractivity contribution in [1.29, 1.82) is 0 Å². The minimum atomic E-state index is 0. The zero-order valence-electron chi connectivity index (χ0n) is 9.99. The zero-order chi connectivity index (χ0) is 12.4. The molecular weight excluding hydrogens is 384 g/mol. The van der Waals surface area contributed by atoms with E-state index in [0.29, 0.717) is 22.8 Å². The Balaban J connectivity index is 0.00000162. The number of aliphatic imine (C=N–C) groups is 1. The number of nitrogens with zero attached hydrogens (tertiary/aromatic N) is 1. The lowest BCUT2D eigenvalue weighted by Crippen LogP contribution is -2.33. The van der Waals surface area contributed by atoms with E-state index in [1.54, 1.807) is 13.1 Å². The Hall–Kier alpha value is -0.200. The second kappa shape index (κ2) is 6.82. The van der Waals surface area contributed by atoms with Crippen molar-refractivity contribution in [3.63, 3.8) is 0 Å². The molecule has 1 aliphatic carbocycles. The summed E-state index contributed by atoms with van der Waals surface area (Å²) in [6.07, 6.45) is 1.13. The van der Waals surface area contributed by atoms with Crippen molar-refractivity contribution >= 4 is 53.1 Å². The normalized spacial score (nSPS) is 22.3. The fourth-order valence-electron chi connectivity index (χ4n) is 1.97. The molecule has 0 aromatic heterocycles. The third-order valence-corrected chi connectivity index (χ3v) is 3.63. The van der Waals surface area contributed by atoms with Gasteiger partial charge in [0.05, 0.1) is 0 Å². The molecule has 2 unspecified atom stereocenters. The number of halogens is 3. The first kappa shape index (κ1) is 15.9. The summed E-state index contributed by atoms with van der Waals surface area (Å²) in [5.41, 5.74) is 6.75. The summed E-state index contributed by atoms with van der Waals surface area (Å²) in [4.78, 5) is 3.85. The smallest absolute Gasteiger partial charge is 0.188 e. The van der Waals surface area contributed by atoms with Crippen LogP contribution in [-0.2, 0) is 0 Å². The number of hydrogen-bond donors (Lipinski definition) is 2. The molecule has 0 heterocycles. The Labute approximate surface area is 134 Å². The maximum absolute atomic E-state index is 6.17. The minimum absolute atomic E-state index is 0. The third-order valence-electron chi connectivity index (χ3n) is 3.07. The maximum Gasteiger partial charge on any atom is 0.188 e. The first-order chi connectivity index (χ1) is 8.11. The molecule has 1 aromatic rings. The number of nitrogens with two attached hydrogens (primary N) is 1. The zero-order valence-corrected chi connectivity index (χ0v) is 13.8. The minimum Gasteiger partial charge on any atom is -0.370 e. The molecule has 0 saturated heterocycles. The molecule has 3 N–H and O–H groups in total. The molecule has 0 radical (unpaired) electrons. The van der Waals surface area contributed by atoms with Crippen LogP contribution < -0.4 is 11.1 Å². The van der Waals surface area contributed by atoms with Gasteiger partial charge in [0.1, 0.15) is 0 Å². The van der Waals surface area contributed by atoms with Crippen molar-refractivity contribution in [2.75, 3.05) is 13.6 Å². The second-order valence-electron chi connectivity index (χ2n) is 4.26. The molecule has 0 amide bonds. The van der Waals surface area contributed by atoms with Crippen LogP contribution in [0.2, 0.25) is 10.0 Å². The Kier molecular flexibility index (Phi) is 6.01. The van der Waals surface area contributed by atoms with E-state index in [-0.39, 0.29) is 24.0 Å². The van der Waals surface area contributed by atoms with Crippen LogP contribution in [0.4, 0.5) is 0 Å². The van der Waals surface area contributed by atoms with Gasteiger partial charge in [-0.3, -0.25) is 4.99 Å². The summed E-state index contributed by atoms with van der Waals surface area (Å²) in [6, 6.07) is 5.68. The number of guanidine groups is 1. The van der Waals surface area contributed by atoms with Gasteiger partial charge in [-0.2, -0.15) is 0 Å². The number of nitrogens with one attached hydrogen (secondary N) is 1. The summed E-state index contributed by atoms with van der Waals surface area (Å²) < 4.78 is 0. The fraction of sp³-hybridized carbons (Fsp3) is 0.417. The number of hydrogen-bond acceptors (Lipinski definition) is 1. The van der Waals surface area contributed by atoms with Gasteiger partial charge in [0.2, 0.25) is 0 Å². The largest absolute Gasteiger partial charge is 0.370 e. The molecule has 1 fully saturated rings. The number of benzene rings is 1. The van der Waals surface area contributed by atoms with Crippen LogP contribution in [-0.4, -0.2) is 19.6 Å². The monoisotopic (exact) mass is 399 g/mol. The van der Waals surface area contributed by atoms with E-state index in [4.69, 9.17) is 28.9 Å². The van der Waals surface area contributed by atoms with Gasteiger partial charge in [-0.1, -0.05) is 29.3 Å². The second-order valence-corrected chi connectivity index (χ2v) is 5.10. The Bertz CT molecular complexity index is 451. The summed E-state index contributed by atoms with van der Waals surface area (Å²) in [5.74, 6) is 1.57. The summed E-state index contributed by atoms with van der Waals surface area (Å²) in [5, 5.41) is 4.51. The topological polar surface area (TPSA) is 50.4 Å². The highest BCUT2D eigenvalue weighted by Crippen LogP contribution is 2.49. The van der Waals surface area contributed by atoms with Gasteiger partial charge in [-0.05, 0) is 36.0 Å². The van der Waals surface area contributed by atoms with Gasteiger partial charge in [0.15, 0.2) is 5.96 Å². The highest BCUT2D eigenvalue weighted by Gasteiger charge is 2.39. The van der Waals surface area contributed by atoms with Crippen LogP contribution in [0.25, 0.3) is 0 Å². The Morgan fingerprint density at radius 2 is 2.22 bits per heavy atom. The fourth-order valence-corrected chi connectivity index (χ4v) is 2.52. The lowest BCUT2D eigenvalue weighted by molar-refractivity contribution is 0.742.